The molecule has 1 N–H and O–H groups in total. The van der Waals surface area contributed by atoms with Crippen LogP contribution in [0.15, 0.2) is 11.6 Å². The van der Waals surface area contributed by atoms with E-state index in [-0.39, 0.29) is 12.1 Å². The highest BCUT2D eigenvalue weighted by molar-refractivity contribution is 7.10. The molecule has 1 aromatic heterocycles. The summed E-state index contributed by atoms with van der Waals surface area (Å²) >= 11 is 1.62. The average molecular weight is 354 g/mol. The fourth-order valence-electron chi connectivity index (χ4n) is 2.52. The minimum absolute atomic E-state index is 0.126. The molecule has 1 unspecified atom stereocenters. The second kappa shape index (κ2) is 13.1. The third-order valence-corrected chi connectivity index (χ3v) is 4.85. The van der Waals surface area contributed by atoms with Gasteiger partial charge in [-0.15, -0.1) is 11.3 Å². The topological polar surface area (TPSA) is 59.4 Å². The fourth-order valence-corrected chi connectivity index (χ4v) is 3.26. The van der Waals surface area contributed by atoms with Crippen molar-refractivity contribution < 1.29 is 14.6 Å². The van der Waals surface area contributed by atoms with Crippen LogP contribution in [0.5, 0.6) is 0 Å². The number of hydrogen-bond donors (Lipinski definition) is 1. The van der Waals surface area contributed by atoms with Crippen molar-refractivity contribution in [2.75, 3.05) is 7.11 Å². The van der Waals surface area contributed by atoms with Crippen LogP contribution in [0.4, 0.5) is 0 Å². The quantitative estimate of drug-likeness (QED) is 0.410. The fraction of sp³-hybridized carbons (Fsp3) is 0.684. The van der Waals surface area contributed by atoms with Crippen LogP contribution in [0, 0.1) is 0 Å². The van der Waals surface area contributed by atoms with Crippen molar-refractivity contribution in [1.29, 1.82) is 0 Å². The lowest BCUT2D eigenvalue weighted by molar-refractivity contribution is -0.140. The van der Waals surface area contributed by atoms with E-state index < -0.39 is 0 Å². The first-order valence-electron chi connectivity index (χ1n) is 9.02. The van der Waals surface area contributed by atoms with Gasteiger partial charge < -0.3 is 9.84 Å². The lowest BCUT2D eigenvalue weighted by Gasteiger charge is -2.04. The van der Waals surface area contributed by atoms with Crippen LogP contribution in [0.3, 0.4) is 0 Å². The molecule has 136 valence electrons. The first kappa shape index (κ1) is 20.8. The molecule has 0 aliphatic rings. The monoisotopic (exact) mass is 353 g/mol. The smallest absolute Gasteiger partial charge is 0.305 e. The Bertz CT molecular complexity index is 485. The van der Waals surface area contributed by atoms with E-state index in [0.717, 1.165) is 55.5 Å². The molecule has 1 atom stereocenters. The van der Waals surface area contributed by atoms with E-state index in [1.54, 1.807) is 11.3 Å². The summed E-state index contributed by atoms with van der Waals surface area (Å²) in [4.78, 5) is 16.6. The van der Waals surface area contributed by atoms with E-state index in [4.69, 9.17) is 0 Å². The molecule has 0 spiro atoms. The molecule has 0 saturated carbocycles. The van der Waals surface area contributed by atoms with Gasteiger partial charge in [0, 0.05) is 11.3 Å². The van der Waals surface area contributed by atoms with Gasteiger partial charge in [0.25, 0.3) is 0 Å². The zero-order chi connectivity index (χ0) is 17.6. The standard InChI is InChI=1S/C19H31NO3S/c1-3-4-7-10-16(21)13-14-18-17(20-15-24-18)11-8-5-6-9-12-19(22)23-2/h13-16,21H,3-12H2,1-2H3/b14-13+. The molecule has 0 saturated heterocycles. The number of ether oxygens (including phenoxy) is 1. The van der Waals surface area contributed by atoms with Crippen molar-refractivity contribution >= 4 is 23.4 Å². The summed E-state index contributed by atoms with van der Waals surface area (Å²) in [6.45, 7) is 2.17. The van der Waals surface area contributed by atoms with Gasteiger partial charge in [-0.2, -0.15) is 0 Å². The summed E-state index contributed by atoms with van der Waals surface area (Å²) in [6.07, 6.45) is 13.4. The molecule has 1 aromatic rings. The lowest BCUT2D eigenvalue weighted by Crippen LogP contribution is -2.01. The van der Waals surface area contributed by atoms with Crippen LogP contribution in [-0.2, 0) is 16.0 Å². The molecule has 0 fully saturated rings. The van der Waals surface area contributed by atoms with Crippen molar-refractivity contribution in [2.24, 2.45) is 0 Å². The van der Waals surface area contributed by atoms with Crippen molar-refractivity contribution in [3.63, 3.8) is 0 Å². The molecule has 4 nitrogen and oxygen atoms in total. The molecular formula is C19H31NO3S. The normalized spacial score (nSPS) is 12.6. The Morgan fingerprint density at radius 1 is 1.29 bits per heavy atom. The molecular weight excluding hydrogens is 322 g/mol. The number of carbonyl (C=O) groups excluding carboxylic acids is 1. The summed E-state index contributed by atoms with van der Waals surface area (Å²) in [6, 6.07) is 0. The number of aryl methyl sites for hydroxylation is 1. The minimum Gasteiger partial charge on any atom is -0.469 e. The van der Waals surface area contributed by atoms with Gasteiger partial charge in [0.1, 0.15) is 0 Å². The Hall–Kier alpha value is -1.20. The second-order valence-corrected chi connectivity index (χ2v) is 6.96. The number of aromatic nitrogens is 1. The highest BCUT2D eigenvalue weighted by Gasteiger charge is 2.05. The third kappa shape index (κ3) is 9.18. The summed E-state index contributed by atoms with van der Waals surface area (Å²) in [5, 5.41) is 9.96. The molecule has 5 heteroatoms. The Kier molecular flexibility index (Phi) is 11.4. The number of methoxy groups -OCH3 is 1. The largest absolute Gasteiger partial charge is 0.469 e. The summed E-state index contributed by atoms with van der Waals surface area (Å²) in [7, 11) is 1.43. The Morgan fingerprint density at radius 3 is 2.83 bits per heavy atom. The van der Waals surface area contributed by atoms with Gasteiger partial charge in [0.2, 0.25) is 0 Å². The predicted octanol–water partition coefficient (Wildman–Crippen LogP) is 4.76. The summed E-state index contributed by atoms with van der Waals surface area (Å²) < 4.78 is 4.63. The average Bonchev–Trinajstić information content (AvgIpc) is 3.03. The minimum atomic E-state index is -0.357. The number of hydrogen-bond acceptors (Lipinski definition) is 5. The van der Waals surface area contributed by atoms with Gasteiger partial charge in [-0.3, -0.25) is 4.79 Å². The summed E-state index contributed by atoms with van der Waals surface area (Å²) in [5.74, 6) is -0.126. The lowest BCUT2D eigenvalue weighted by atomic mass is 10.1. The summed E-state index contributed by atoms with van der Waals surface area (Å²) in [5.41, 5.74) is 2.99. The van der Waals surface area contributed by atoms with Gasteiger partial charge in [-0.1, -0.05) is 45.1 Å². The molecule has 0 aliphatic carbocycles. The number of esters is 1. The molecule has 24 heavy (non-hydrogen) atoms. The number of unbranched alkanes of at least 4 members (excludes halogenated alkanes) is 5. The molecule has 0 aromatic carbocycles. The molecule has 1 rings (SSSR count). The first-order valence-corrected chi connectivity index (χ1v) is 9.90. The van der Waals surface area contributed by atoms with Gasteiger partial charge in [0.05, 0.1) is 24.4 Å². The van der Waals surface area contributed by atoms with E-state index >= 15 is 0 Å². The number of rotatable bonds is 13. The highest BCUT2D eigenvalue weighted by Crippen LogP contribution is 2.19. The van der Waals surface area contributed by atoms with E-state index in [1.165, 1.54) is 20.0 Å². The number of carbonyl (C=O) groups is 1. The predicted molar refractivity (Wildman–Crippen MR) is 100 cm³/mol. The number of nitrogens with zero attached hydrogens (tertiary/aromatic N) is 1. The van der Waals surface area contributed by atoms with Crippen LogP contribution in [0.1, 0.15) is 75.3 Å². The second-order valence-electron chi connectivity index (χ2n) is 6.08. The number of thiazole rings is 1. The van der Waals surface area contributed by atoms with Crippen LogP contribution in [0.25, 0.3) is 6.08 Å². The Balaban J connectivity index is 2.26. The van der Waals surface area contributed by atoms with Crippen LogP contribution < -0.4 is 0 Å². The molecule has 0 radical (unpaired) electrons. The zero-order valence-corrected chi connectivity index (χ0v) is 15.8. The SMILES string of the molecule is CCCCCC(O)/C=C/c1scnc1CCCCCCC(=O)OC. The van der Waals surface area contributed by atoms with Gasteiger partial charge in [-0.25, -0.2) is 4.98 Å². The van der Waals surface area contributed by atoms with Crippen molar-refractivity contribution in [1.82, 2.24) is 4.98 Å². The molecule has 0 bridgehead atoms. The van der Waals surface area contributed by atoms with E-state index in [9.17, 15) is 9.90 Å². The third-order valence-electron chi connectivity index (χ3n) is 4.02. The van der Waals surface area contributed by atoms with Crippen molar-refractivity contribution in [2.45, 2.75) is 77.2 Å². The maximum Gasteiger partial charge on any atom is 0.305 e. The van der Waals surface area contributed by atoms with Crippen LogP contribution >= 0.6 is 11.3 Å². The van der Waals surface area contributed by atoms with E-state index in [0.29, 0.717) is 6.42 Å². The first-order chi connectivity index (χ1) is 11.7. The number of aliphatic hydroxyl groups is 1. The van der Waals surface area contributed by atoms with Crippen molar-refractivity contribution in [3.05, 3.63) is 22.2 Å². The Labute approximate surface area is 150 Å². The zero-order valence-electron chi connectivity index (χ0n) is 15.0. The van der Waals surface area contributed by atoms with Crippen LogP contribution in [-0.4, -0.2) is 29.3 Å². The molecule has 1 heterocycles. The highest BCUT2D eigenvalue weighted by atomic mass is 32.1. The van der Waals surface area contributed by atoms with Gasteiger partial charge in [0.15, 0.2) is 0 Å². The maximum absolute atomic E-state index is 11.0. The van der Waals surface area contributed by atoms with Gasteiger partial charge >= 0.3 is 5.97 Å². The van der Waals surface area contributed by atoms with E-state index in [2.05, 4.69) is 16.6 Å². The molecule has 0 aliphatic heterocycles. The van der Waals surface area contributed by atoms with Crippen molar-refractivity contribution in [3.8, 4) is 0 Å². The van der Waals surface area contributed by atoms with Crippen LogP contribution in [0.2, 0.25) is 0 Å². The Morgan fingerprint density at radius 2 is 2.08 bits per heavy atom. The number of aliphatic hydroxyl groups excluding tert-OH is 1. The maximum atomic E-state index is 11.0. The molecule has 0 amide bonds. The van der Waals surface area contributed by atoms with E-state index in [1.807, 2.05) is 17.7 Å². The van der Waals surface area contributed by atoms with Gasteiger partial charge in [-0.05, 0) is 31.8 Å².